The number of imide groups is 1. The zero-order valence-electron chi connectivity index (χ0n) is 15.5. The summed E-state index contributed by atoms with van der Waals surface area (Å²) in [7, 11) is 0. The fourth-order valence-electron chi connectivity index (χ4n) is 3.22. The van der Waals surface area contributed by atoms with Gasteiger partial charge in [-0.25, -0.2) is 4.79 Å². The molecule has 1 fully saturated rings. The number of benzene rings is 1. The van der Waals surface area contributed by atoms with E-state index in [1.807, 2.05) is 24.5 Å². The molecule has 1 aromatic heterocycles. The van der Waals surface area contributed by atoms with Gasteiger partial charge in [-0.1, -0.05) is 12.1 Å². The van der Waals surface area contributed by atoms with Crippen LogP contribution in [0.5, 0.6) is 0 Å². The van der Waals surface area contributed by atoms with Crippen molar-refractivity contribution in [1.29, 1.82) is 0 Å². The Hall–Kier alpha value is -2.80. The van der Waals surface area contributed by atoms with Gasteiger partial charge in [0.25, 0.3) is 11.1 Å². The topological polar surface area (TPSA) is 79.6 Å². The minimum atomic E-state index is -1.00. The first-order valence-electron chi connectivity index (χ1n) is 8.51. The lowest BCUT2D eigenvalue weighted by Gasteiger charge is -2.16. The maximum Gasteiger partial charge on any atom is 0.337 e. The summed E-state index contributed by atoms with van der Waals surface area (Å²) in [6, 6.07) is 8.47. The third-order valence-electron chi connectivity index (χ3n) is 4.47. The summed E-state index contributed by atoms with van der Waals surface area (Å²) in [6.45, 7) is 7.34. The first kappa shape index (κ1) is 19.0. The number of para-hydroxylation sites is 1. The van der Waals surface area contributed by atoms with Crippen molar-refractivity contribution in [3.8, 4) is 5.69 Å². The Morgan fingerprint density at radius 1 is 1.19 bits per heavy atom. The maximum absolute atomic E-state index is 12.5. The van der Waals surface area contributed by atoms with Crippen LogP contribution in [-0.4, -0.2) is 37.7 Å². The monoisotopic (exact) mass is 384 g/mol. The molecule has 1 aromatic carbocycles. The smallest absolute Gasteiger partial charge is 0.337 e. The molecule has 0 bridgehead atoms. The van der Waals surface area contributed by atoms with Gasteiger partial charge in [0.15, 0.2) is 0 Å². The number of aromatic nitrogens is 1. The highest BCUT2D eigenvalue weighted by Crippen LogP contribution is 2.35. The maximum atomic E-state index is 12.5. The number of carbonyl (C=O) groups excluding carboxylic acids is 2. The Morgan fingerprint density at radius 3 is 2.44 bits per heavy atom. The second kappa shape index (κ2) is 7.08. The Labute approximate surface area is 161 Å². The van der Waals surface area contributed by atoms with Crippen LogP contribution in [0.4, 0.5) is 4.79 Å². The number of thioether (sulfide) groups is 1. The molecule has 0 unspecified atom stereocenters. The van der Waals surface area contributed by atoms with Gasteiger partial charge < -0.3 is 9.67 Å². The van der Waals surface area contributed by atoms with Crippen molar-refractivity contribution in [2.45, 2.75) is 33.7 Å². The van der Waals surface area contributed by atoms with Gasteiger partial charge in [0.05, 0.1) is 16.2 Å². The van der Waals surface area contributed by atoms with Crippen LogP contribution in [0.2, 0.25) is 0 Å². The van der Waals surface area contributed by atoms with Crippen LogP contribution in [0.15, 0.2) is 35.2 Å². The first-order valence-corrected chi connectivity index (χ1v) is 9.32. The van der Waals surface area contributed by atoms with Crippen molar-refractivity contribution in [3.05, 3.63) is 57.8 Å². The lowest BCUT2D eigenvalue weighted by Crippen LogP contribution is -2.34. The van der Waals surface area contributed by atoms with Crippen molar-refractivity contribution in [1.82, 2.24) is 9.47 Å². The van der Waals surface area contributed by atoms with Gasteiger partial charge in [0.1, 0.15) is 0 Å². The molecular formula is C20H20N2O4S. The van der Waals surface area contributed by atoms with Crippen molar-refractivity contribution in [2.75, 3.05) is 0 Å². The summed E-state index contributed by atoms with van der Waals surface area (Å²) in [5.74, 6) is -1.30. The van der Waals surface area contributed by atoms with E-state index in [-0.39, 0.29) is 22.8 Å². The van der Waals surface area contributed by atoms with Crippen LogP contribution in [0.3, 0.4) is 0 Å². The lowest BCUT2D eigenvalue weighted by molar-refractivity contribution is -0.123. The molecule has 1 saturated heterocycles. The number of aromatic carboxylic acids is 1. The van der Waals surface area contributed by atoms with E-state index in [1.165, 1.54) is 4.90 Å². The van der Waals surface area contributed by atoms with E-state index in [2.05, 4.69) is 0 Å². The number of hydrogen-bond acceptors (Lipinski definition) is 4. The fraction of sp³-hybridized carbons (Fsp3) is 0.250. The molecule has 1 aliphatic heterocycles. The van der Waals surface area contributed by atoms with Crippen LogP contribution in [0.25, 0.3) is 11.8 Å². The molecule has 0 atom stereocenters. The number of hydrogen-bond donors (Lipinski definition) is 1. The quantitative estimate of drug-likeness (QED) is 0.798. The summed E-state index contributed by atoms with van der Waals surface area (Å²) >= 11 is 0.928. The zero-order valence-corrected chi connectivity index (χ0v) is 16.3. The third kappa shape index (κ3) is 3.30. The molecule has 1 aliphatic rings. The van der Waals surface area contributed by atoms with E-state index < -0.39 is 5.97 Å². The number of nitrogens with zero attached hydrogens (tertiary/aromatic N) is 2. The molecule has 6 nitrogen and oxygen atoms in total. The van der Waals surface area contributed by atoms with Crippen molar-refractivity contribution < 1.29 is 19.5 Å². The molecule has 0 saturated carbocycles. The Kier molecular flexibility index (Phi) is 4.97. The van der Waals surface area contributed by atoms with Crippen molar-refractivity contribution >= 4 is 35.0 Å². The van der Waals surface area contributed by atoms with E-state index in [1.54, 1.807) is 44.2 Å². The number of carboxylic acid groups (broad SMARTS) is 1. The predicted octanol–water partition coefficient (Wildman–Crippen LogP) is 4.24. The molecule has 140 valence electrons. The molecular weight excluding hydrogens is 364 g/mol. The van der Waals surface area contributed by atoms with Crippen LogP contribution in [0, 0.1) is 13.8 Å². The molecule has 0 aliphatic carbocycles. The normalized spacial score (nSPS) is 16.0. The summed E-state index contributed by atoms with van der Waals surface area (Å²) in [4.78, 5) is 37.8. The molecule has 3 rings (SSSR count). The predicted molar refractivity (Wildman–Crippen MR) is 105 cm³/mol. The van der Waals surface area contributed by atoms with E-state index >= 15 is 0 Å². The van der Waals surface area contributed by atoms with Gasteiger partial charge in [-0.05, 0) is 69.3 Å². The summed E-state index contributed by atoms with van der Waals surface area (Å²) in [5, 5.41) is 9.20. The van der Waals surface area contributed by atoms with Crippen LogP contribution < -0.4 is 0 Å². The first-order chi connectivity index (χ1) is 12.7. The fourth-order valence-corrected chi connectivity index (χ4v) is 4.17. The molecule has 7 heteroatoms. The van der Waals surface area contributed by atoms with Gasteiger partial charge in [-0.3, -0.25) is 14.5 Å². The Morgan fingerprint density at radius 2 is 1.85 bits per heavy atom. The van der Waals surface area contributed by atoms with Crippen LogP contribution in [0.1, 0.15) is 41.2 Å². The Bertz CT molecular complexity index is 988. The number of rotatable bonds is 4. The zero-order chi connectivity index (χ0) is 19.9. The summed E-state index contributed by atoms with van der Waals surface area (Å²) < 4.78 is 1.85. The average molecular weight is 384 g/mol. The number of aryl methyl sites for hydroxylation is 1. The van der Waals surface area contributed by atoms with Crippen molar-refractivity contribution in [2.24, 2.45) is 0 Å². The van der Waals surface area contributed by atoms with E-state index in [9.17, 15) is 19.5 Å². The van der Waals surface area contributed by atoms with Crippen molar-refractivity contribution in [3.63, 3.8) is 0 Å². The standard InChI is InChI=1S/C20H20N2O4S/c1-11(2)21-18(23)17(27-20(21)26)10-14-9-12(3)22(13(14)4)16-8-6-5-7-15(16)19(24)25/h5-11H,1-4H3,(H,24,25)/b17-10+. The average Bonchev–Trinajstić information content (AvgIpc) is 3.03. The molecule has 2 heterocycles. The summed E-state index contributed by atoms with van der Waals surface area (Å²) in [6.07, 6.45) is 1.70. The van der Waals surface area contributed by atoms with Gasteiger partial charge in [-0.2, -0.15) is 0 Å². The molecule has 0 radical (unpaired) electrons. The molecule has 2 amide bonds. The van der Waals surface area contributed by atoms with Crippen LogP contribution >= 0.6 is 11.8 Å². The molecule has 1 N–H and O–H groups in total. The highest BCUT2D eigenvalue weighted by molar-refractivity contribution is 8.18. The highest BCUT2D eigenvalue weighted by atomic mass is 32.2. The van der Waals surface area contributed by atoms with Gasteiger partial charge >= 0.3 is 5.97 Å². The largest absolute Gasteiger partial charge is 0.478 e. The molecule has 2 aromatic rings. The van der Waals surface area contributed by atoms with Gasteiger partial charge in [0.2, 0.25) is 0 Å². The second-order valence-electron chi connectivity index (χ2n) is 6.63. The van der Waals surface area contributed by atoms with E-state index in [0.717, 1.165) is 28.7 Å². The van der Waals surface area contributed by atoms with Gasteiger partial charge in [0, 0.05) is 17.4 Å². The third-order valence-corrected chi connectivity index (χ3v) is 5.36. The van der Waals surface area contributed by atoms with E-state index in [4.69, 9.17) is 0 Å². The Balaban J connectivity index is 2.07. The van der Waals surface area contributed by atoms with Crippen LogP contribution in [-0.2, 0) is 4.79 Å². The second-order valence-corrected chi connectivity index (χ2v) is 7.62. The molecule has 27 heavy (non-hydrogen) atoms. The number of amides is 2. The highest BCUT2D eigenvalue weighted by Gasteiger charge is 2.36. The number of carbonyl (C=O) groups is 3. The molecule has 0 spiro atoms. The van der Waals surface area contributed by atoms with E-state index in [0.29, 0.717) is 10.6 Å². The minimum absolute atomic E-state index is 0.196. The minimum Gasteiger partial charge on any atom is -0.478 e. The lowest BCUT2D eigenvalue weighted by atomic mass is 10.1. The summed E-state index contributed by atoms with van der Waals surface area (Å²) in [5.41, 5.74) is 3.19. The van der Waals surface area contributed by atoms with Gasteiger partial charge in [-0.15, -0.1) is 0 Å². The number of carboxylic acids is 1. The SMILES string of the molecule is Cc1cc(/C=C2/SC(=O)N(C(C)C)C2=O)c(C)n1-c1ccccc1C(=O)O.